The summed E-state index contributed by atoms with van der Waals surface area (Å²) in [6.45, 7) is 8.89. The maximum absolute atomic E-state index is 10.6. The Morgan fingerprint density at radius 3 is 2.45 bits per heavy atom. The molecule has 0 saturated heterocycles. The molecule has 0 aromatic carbocycles. The molecule has 0 atom stereocenters. The molecule has 0 aliphatic heterocycles. The van der Waals surface area contributed by atoms with Crippen LogP contribution < -0.4 is 0 Å². The number of hydrogen-bond donors (Lipinski definition) is 0. The summed E-state index contributed by atoms with van der Waals surface area (Å²) in [7, 11) is 0. The van der Waals surface area contributed by atoms with Gasteiger partial charge in [-0.3, -0.25) is 0 Å². The average molecular weight is 156 g/mol. The lowest BCUT2D eigenvalue weighted by molar-refractivity contribution is 0.0521. The molecule has 0 saturated carbocycles. The van der Waals surface area contributed by atoms with Gasteiger partial charge in [0.2, 0.25) is 0 Å². The summed E-state index contributed by atoms with van der Waals surface area (Å²) in [6, 6.07) is 0. The molecule has 0 aromatic heterocycles. The third-order valence-electron chi connectivity index (χ3n) is 0.959. The zero-order valence-electron chi connectivity index (χ0n) is 6.58. The largest absolute Gasteiger partial charge is 0.509 e. The van der Waals surface area contributed by atoms with Gasteiger partial charge in [0.15, 0.2) is 0 Å². The zero-order valence-corrected chi connectivity index (χ0v) is 6.58. The highest BCUT2D eigenvalue weighted by molar-refractivity contribution is 5.60. The molecular weight excluding hydrogens is 144 g/mol. The minimum atomic E-state index is -0.697. The molecule has 0 aromatic rings. The van der Waals surface area contributed by atoms with Gasteiger partial charge in [0.25, 0.3) is 0 Å². The smallest absolute Gasteiger partial charge is 0.435 e. The second-order valence-corrected chi connectivity index (χ2v) is 1.74. The van der Waals surface area contributed by atoms with Crippen LogP contribution in [0.3, 0.4) is 0 Å². The number of carbonyl (C=O) groups excluding carboxylic acids is 1. The van der Waals surface area contributed by atoms with E-state index in [-0.39, 0.29) is 0 Å². The topological polar surface area (TPSA) is 35.5 Å². The molecule has 0 rings (SSSR count). The van der Waals surface area contributed by atoms with Crippen LogP contribution in [0, 0.1) is 0 Å². The van der Waals surface area contributed by atoms with Gasteiger partial charge in [-0.25, -0.2) is 4.79 Å². The van der Waals surface area contributed by atoms with Gasteiger partial charge in [0.1, 0.15) is 6.10 Å². The summed E-state index contributed by atoms with van der Waals surface area (Å²) in [6.07, 6.45) is 1.76. The lowest BCUT2D eigenvalue weighted by Crippen LogP contribution is -2.14. The lowest BCUT2D eigenvalue weighted by Gasteiger charge is -2.07. The van der Waals surface area contributed by atoms with Crippen LogP contribution in [0.4, 0.5) is 4.79 Å². The minimum Gasteiger partial charge on any atom is -0.435 e. The van der Waals surface area contributed by atoms with Gasteiger partial charge in [-0.05, 0) is 19.1 Å². The summed E-state index contributed by atoms with van der Waals surface area (Å²) in [5.74, 6) is 0. The number of ether oxygens (including phenoxy) is 2. The Kier molecular flexibility index (Phi) is 4.90. The summed E-state index contributed by atoms with van der Waals surface area (Å²) < 4.78 is 9.21. The maximum Gasteiger partial charge on any atom is 0.509 e. The van der Waals surface area contributed by atoms with Crippen LogP contribution in [0.2, 0.25) is 0 Å². The van der Waals surface area contributed by atoms with Gasteiger partial charge >= 0.3 is 6.16 Å². The zero-order chi connectivity index (χ0) is 8.69. The summed E-state index contributed by atoms with van der Waals surface area (Å²) in [5.41, 5.74) is 0. The molecular formula is C8H12O3. The minimum absolute atomic E-state index is 0.305. The normalized spacial score (nSPS) is 8.91. The van der Waals surface area contributed by atoms with Gasteiger partial charge < -0.3 is 9.47 Å². The molecule has 0 bridgehead atoms. The van der Waals surface area contributed by atoms with Crippen LogP contribution in [0.5, 0.6) is 0 Å². The van der Waals surface area contributed by atoms with Crippen molar-refractivity contribution in [2.75, 3.05) is 6.61 Å². The molecule has 0 unspecified atom stereocenters. The molecule has 0 spiro atoms. The van der Waals surface area contributed by atoms with E-state index in [0.29, 0.717) is 6.61 Å². The van der Waals surface area contributed by atoms with Crippen molar-refractivity contribution in [3.05, 3.63) is 25.3 Å². The van der Waals surface area contributed by atoms with Gasteiger partial charge in [-0.1, -0.05) is 13.2 Å². The fourth-order valence-corrected chi connectivity index (χ4v) is 0.455. The molecule has 11 heavy (non-hydrogen) atoms. The Morgan fingerprint density at radius 2 is 2.09 bits per heavy atom. The van der Waals surface area contributed by atoms with Crippen molar-refractivity contribution in [2.24, 2.45) is 0 Å². The first-order chi connectivity index (χ1) is 5.24. The highest BCUT2D eigenvalue weighted by Gasteiger charge is 2.06. The quantitative estimate of drug-likeness (QED) is 0.460. The molecule has 0 N–H and O–H groups in total. The van der Waals surface area contributed by atoms with Crippen LogP contribution in [-0.2, 0) is 9.47 Å². The molecule has 62 valence electrons. The Labute approximate surface area is 66.3 Å². The molecule has 0 aliphatic carbocycles. The van der Waals surface area contributed by atoms with E-state index in [1.807, 2.05) is 0 Å². The maximum atomic E-state index is 10.6. The lowest BCUT2D eigenvalue weighted by atomic mass is 10.3. The highest BCUT2D eigenvalue weighted by atomic mass is 16.7. The first kappa shape index (κ1) is 9.75. The van der Waals surface area contributed by atoms with E-state index in [1.54, 1.807) is 6.92 Å². The molecule has 3 nitrogen and oxygen atoms in total. The fourth-order valence-electron chi connectivity index (χ4n) is 0.455. The van der Waals surface area contributed by atoms with Crippen molar-refractivity contribution in [1.29, 1.82) is 0 Å². The Balaban J connectivity index is 3.71. The monoisotopic (exact) mass is 156 g/mol. The third-order valence-corrected chi connectivity index (χ3v) is 0.959. The van der Waals surface area contributed by atoms with Gasteiger partial charge in [0, 0.05) is 0 Å². The van der Waals surface area contributed by atoms with Crippen molar-refractivity contribution >= 4 is 6.16 Å². The standard InChI is InChI=1S/C8H12O3/c1-4-7(5-2)11-8(9)10-6-3/h4-5,7H,1-2,6H2,3H3. The Bertz CT molecular complexity index is 143. The van der Waals surface area contributed by atoms with Gasteiger partial charge in [-0.2, -0.15) is 0 Å². The fraction of sp³-hybridized carbons (Fsp3) is 0.375. The van der Waals surface area contributed by atoms with E-state index in [4.69, 9.17) is 4.74 Å². The Morgan fingerprint density at radius 1 is 1.55 bits per heavy atom. The third kappa shape index (κ3) is 4.19. The molecule has 0 heterocycles. The van der Waals surface area contributed by atoms with Crippen molar-refractivity contribution in [1.82, 2.24) is 0 Å². The molecule has 0 aliphatic rings. The van der Waals surface area contributed by atoms with Crippen LogP contribution in [-0.4, -0.2) is 18.9 Å². The average Bonchev–Trinajstić information content (AvgIpc) is 2.01. The predicted molar refractivity (Wildman–Crippen MR) is 42.3 cm³/mol. The van der Waals surface area contributed by atoms with E-state index < -0.39 is 12.3 Å². The van der Waals surface area contributed by atoms with Crippen LogP contribution in [0.25, 0.3) is 0 Å². The van der Waals surface area contributed by atoms with Crippen molar-refractivity contribution < 1.29 is 14.3 Å². The second-order valence-electron chi connectivity index (χ2n) is 1.74. The van der Waals surface area contributed by atoms with Crippen LogP contribution in [0.1, 0.15) is 6.92 Å². The van der Waals surface area contributed by atoms with E-state index in [2.05, 4.69) is 17.9 Å². The van der Waals surface area contributed by atoms with Gasteiger partial charge in [0.05, 0.1) is 6.61 Å². The Hall–Kier alpha value is -1.25. The SMILES string of the molecule is C=CC(C=C)OC(=O)OCC. The number of hydrogen-bond acceptors (Lipinski definition) is 3. The molecule has 3 heteroatoms. The molecule has 0 fully saturated rings. The number of carbonyl (C=O) groups is 1. The van der Waals surface area contributed by atoms with Crippen molar-refractivity contribution in [2.45, 2.75) is 13.0 Å². The van der Waals surface area contributed by atoms with Crippen LogP contribution in [0.15, 0.2) is 25.3 Å². The van der Waals surface area contributed by atoms with Gasteiger partial charge in [-0.15, -0.1) is 0 Å². The summed E-state index contributed by atoms with van der Waals surface area (Å²) in [4.78, 5) is 10.6. The first-order valence-corrected chi connectivity index (χ1v) is 3.33. The van der Waals surface area contributed by atoms with E-state index in [1.165, 1.54) is 12.2 Å². The summed E-state index contributed by atoms with van der Waals surface area (Å²) >= 11 is 0. The van der Waals surface area contributed by atoms with E-state index in [9.17, 15) is 4.79 Å². The molecule has 0 radical (unpaired) electrons. The summed E-state index contributed by atoms with van der Waals surface area (Å²) in [5, 5.41) is 0. The van der Waals surface area contributed by atoms with Crippen molar-refractivity contribution in [3.63, 3.8) is 0 Å². The van der Waals surface area contributed by atoms with Crippen LogP contribution >= 0.6 is 0 Å². The highest BCUT2D eigenvalue weighted by Crippen LogP contribution is 1.96. The van der Waals surface area contributed by atoms with E-state index >= 15 is 0 Å². The second kappa shape index (κ2) is 5.53. The first-order valence-electron chi connectivity index (χ1n) is 3.33. The van der Waals surface area contributed by atoms with E-state index in [0.717, 1.165) is 0 Å². The van der Waals surface area contributed by atoms with Crippen molar-refractivity contribution in [3.8, 4) is 0 Å². The number of rotatable bonds is 4. The molecule has 0 amide bonds. The predicted octanol–water partition coefficient (Wildman–Crippen LogP) is 1.90.